The van der Waals surface area contributed by atoms with Gasteiger partial charge in [0.25, 0.3) is 0 Å². The normalized spacial score (nSPS) is 14.9. The molecule has 0 amide bonds. The molecule has 1 N–H and O–H groups in total. The van der Waals surface area contributed by atoms with Crippen LogP contribution in [0.1, 0.15) is 0 Å². The third-order valence-electron chi connectivity index (χ3n) is 5.73. The maximum Gasteiger partial charge on any atom is 0.182 e. The fourth-order valence-electron chi connectivity index (χ4n) is 3.89. The molecule has 6 nitrogen and oxygen atoms in total. The first kappa shape index (κ1) is 19.4. The van der Waals surface area contributed by atoms with Gasteiger partial charge in [-0.25, -0.2) is 8.78 Å². The number of aromatic nitrogens is 4. The zero-order valence-electron chi connectivity index (χ0n) is 17.1. The van der Waals surface area contributed by atoms with Gasteiger partial charge in [0.05, 0.1) is 5.69 Å². The van der Waals surface area contributed by atoms with Crippen molar-refractivity contribution in [3.63, 3.8) is 0 Å². The highest BCUT2D eigenvalue weighted by Gasteiger charge is 2.17. The van der Waals surface area contributed by atoms with E-state index in [0.717, 1.165) is 49.1 Å². The Morgan fingerprint density at radius 2 is 1.71 bits per heavy atom. The molecule has 0 spiro atoms. The molecule has 0 unspecified atom stereocenters. The number of aromatic amines is 1. The van der Waals surface area contributed by atoms with E-state index in [-0.39, 0.29) is 5.69 Å². The van der Waals surface area contributed by atoms with Gasteiger partial charge in [-0.1, -0.05) is 18.2 Å². The van der Waals surface area contributed by atoms with Crippen molar-refractivity contribution >= 4 is 5.69 Å². The summed E-state index contributed by atoms with van der Waals surface area (Å²) in [6.07, 6.45) is 3.17. The molecule has 1 aliphatic heterocycles. The van der Waals surface area contributed by atoms with E-state index in [2.05, 4.69) is 56.3 Å². The third-order valence-corrected chi connectivity index (χ3v) is 5.73. The van der Waals surface area contributed by atoms with E-state index in [9.17, 15) is 8.78 Å². The molecule has 2 aromatic carbocycles. The summed E-state index contributed by atoms with van der Waals surface area (Å²) < 4.78 is 29.4. The van der Waals surface area contributed by atoms with E-state index in [1.165, 1.54) is 28.7 Å². The average Bonchev–Trinajstić information content (AvgIpc) is 3.46. The van der Waals surface area contributed by atoms with Crippen molar-refractivity contribution < 1.29 is 8.78 Å². The van der Waals surface area contributed by atoms with Crippen molar-refractivity contribution in [1.82, 2.24) is 24.6 Å². The molecule has 4 aromatic rings. The number of piperazine rings is 1. The molecule has 31 heavy (non-hydrogen) atoms. The van der Waals surface area contributed by atoms with E-state index in [1.54, 1.807) is 6.20 Å². The second kappa shape index (κ2) is 7.96. The fraction of sp³-hybridized carbons (Fsp3) is 0.217. The summed E-state index contributed by atoms with van der Waals surface area (Å²) in [5.41, 5.74) is 3.96. The van der Waals surface area contributed by atoms with Crippen molar-refractivity contribution in [2.24, 2.45) is 0 Å². The number of likely N-dealkylation sites (N-methyl/N-ethyl adjacent to an activating group) is 1. The quantitative estimate of drug-likeness (QED) is 0.543. The molecule has 2 aromatic heterocycles. The van der Waals surface area contributed by atoms with E-state index in [4.69, 9.17) is 0 Å². The molecule has 0 radical (unpaired) electrons. The number of H-pyrrole nitrogens is 1. The van der Waals surface area contributed by atoms with Gasteiger partial charge in [0, 0.05) is 49.3 Å². The first-order valence-electron chi connectivity index (χ1n) is 10.2. The van der Waals surface area contributed by atoms with Crippen molar-refractivity contribution in [3.05, 3.63) is 72.7 Å². The van der Waals surface area contributed by atoms with Crippen LogP contribution >= 0.6 is 0 Å². The molecule has 0 bridgehead atoms. The lowest BCUT2D eigenvalue weighted by molar-refractivity contribution is 0.313. The summed E-state index contributed by atoms with van der Waals surface area (Å²) >= 11 is 0. The predicted molar refractivity (Wildman–Crippen MR) is 116 cm³/mol. The molecule has 1 aliphatic rings. The molecule has 5 rings (SSSR count). The van der Waals surface area contributed by atoms with Crippen LogP contribution in [0.5, 0.6) is 0 Å². The first-order valence-corrected chi connectivity index (χ1v) is 10.2. The van der Waals surface area contributed by atoms with Crippen LogP contribution in [0.25, 0.3) is 28.3 Å². The van der Waals surface area contributed by atoms with Crippen molar-refractivity contribution in [2.45, 2.75) is 0 Å². The van der Waals surface area contributed by atoms with Gasteiger partial charge in [-0.2, -0.15) is 0 Å². The SMILES string of the molecule is CN1CCN(c2ccc(-c3cc(-c4nncn4-c4cccc(F)c4F)c[nH]3)cc2)CC1. The minimum absolute atomic E-state index is 0.0688. The molecule has 158 valence electrons. The summed E-state index contributed by atoms with van der Waals surface area (Å²) in [5.74, 6) is -1.41. The molecule has 0 aliphatic carbocycles. The lowest BCUT2D eigenvalue weighted by Gasteiger charge is -2.34. The van der Waals surface area contributed by atoms with Gasteiger partial charge >= 0.3 is 0 Å². The topological polar surface area (TPSA) is 53.0 Å². The Balaban J connectivity index is 1.40. The number of nitrogens with zero attached hydrogens (tertiary/aromatic N) is 5. The van der Waals surface area contributed by atoms with Crippen LogP contribution in [0, 0.1) is 11.6 Å². The van der Waals surface area contributed by atoms with E-state index in [1.807, 2.05) is 6.07 Å². The standard InChI is InChI=1S/C23H22F2N6/c1-29-9-11-30(12-10-29)18-7-5-16(6-8-18)20-13-17(14-26-20)23-28-27-15-31(23)21-4-2-3-19(24)22(21)25/h2-8,13-15,26H,9-12H2,1H3. The van der Waals surface area contributed by atoms with Crippen molar-refractivity contribution in [3.8, 4) is 28.3 Å². The monoisotopic (exact) mass is 420 g/mol. The van der Waals surface area contributed by atoms with E-state index in [0.29, 0.717) is 5.82 Å². The summed E-state index contributed by atoms with van der Waals surface area (Å²) in [6, 6.07) is 14.4. The lowest BCUT2D eigenvalue weighted by Crippen LogP contribution is -2.44. The minimum Gasteiger partial charge on any atom is -0.369 e. The molecule has 1 fully saturated rings. The Morgan fingerprint density at radius 1 is 0.935 bits per heavy atom. The second-order valence-corrected chi connectivity index (χ2v) is 7.74. The number of nitrogens with one attached hydrogen (secondary N) is 1. The van der Waals surface area contributed by atoms with E-state index >= 15 is 0 Å². The van der Waals surface area contributed by atoms with Crippen LogP contribution in [0.15, 0.2) is 61.1 Å². The molecular weight excluding hydrogens is 398 g/mol. The summed E-state index contributed by atoms with van der Waals surface area (Å²) in [4.78, 5) is 7.97. The second-order valence-electron chi connectivity index (χ2n) is 7.74. The summed E-state index contributed by atoms with van der Waals surface area (Å²) in [5, 5.41) is 8.01. The molecular formula is C23H22F2N6. The largest absolute Gasteiger partial charge is 0.369 e. The number of hydrogen-bond donors (Lipinski definition) is 1. The van der Waals surface area contributed by atoms with Gasteiger partial charge in [-0.05, 0) is 42.9 Å². The Kier molecular flexibility index (Phi) is 4.99. The van der Waals surface area contributed by atoms with Crippen molar-refractivity contribution in [2.75, 3.05) is 38.1 Å². The number of hydrogen-bond acceptors (Lipinski definition) is 4. The minimum atomic E-state index is -0.932. The molecule has 1 saturated heterocycles. The number of rotatable bonds is 4. The smallest absolute Gasteiger partial charge is 0.182 e. The van der Waals surface area contributed by atoms with Gasteiger partial charge in [-0.3, -0.25) is 4.57 Å². The summed E-state index contributed by atoms with van der Waals surface area (Å²) in [7, 11) is 2.15. The number of anilines is 1. The maximum absolute atomic E-state index is 14.3. The third kappa shape index (κ3) is 3.70. The Hall–Kier alpha value is -3.52. The van der Waals surface area contributed by atoms with Crippen molar-refractivity contribution in [1.29, 1.82) is 0 Å². The van der Waals surface area contributed by atoms with Crippen LogP contribution in [0.3, 0.4) is 0 Å². The van der Waals surface area contributed by atoms with Crippen LogP contribution in [-0.2, 0) is 0 Å². The molecule has 0 atom stereocenters. The van der Waals surface area contributed by atoms with Gasteiger partial charge in [-0.15, -0.1) is 10.2 Å². The van der Waals surface area contributed by atoms with Crippen LogP contribution in [0.2, 0.25) is 0 Å². The molecule has 0 saturated carbocycles. The molecule has 8 heteroatoms. The van der Waals surface area contributed by atoms with Crippen LogP contribution in [-0.4, -0.2) is 57.9 Å². The molecule has 3 heterocycles. The highest BCUT2D eigenvalue weighted by molar-refractivity contribution is 5.70. The van der Waals surface area contributed by atoms with Gasteiger partial charge < -0.3 is 14.8 Å². The Labute approximate surface area is 178 Å². The average molecular weight is 420 g/mol. The summed E-state index contributed by atoms with van der Waals surface area (Å²) in [6.45, 7) is 4.17. The van der Waals surface area contributed by atoms with E-state index < -0.39 is 11.6 Å². The van der Waals surface area contributed by atoms with Crippen LogP contribution in [0.4, 0.5) is 14.5 Å². The zero-order valence-corrected chi connectivity index (χ0v) is 17.1. The number of benzene rings is 2. The lowest BCUT2D eigenvalue weighted by atomic mass is 10.1. The Morgan fingerprint density at radius 3 is 2.48 bits per heavy atom. The number of halogens is 2. The first-order chi connectivity index (χ1) is 15.1. The highest BCUT2D eigenvalue weighted by Crippen LogP contribution is 2.29. The Bertz CT molecular complexity index is 1190. The maximum atomic E-state index is 14.3. The zero-order chi connectivity index (χ0) is 21.4. The van der Waals surface area contributed by atoms with Gasteiger partial charge in [0.1, 0.15) is 6.33 Å². The van der Waals surface area contributed by atoms with Gasteiger partial charge in [0.2, 0.25) is 0 Å². The van der Waals surface area contributed by atoms with Gasteiger partial charge in [0.15, 0.2) is 17.5 Å². The van der Waals surface area contributed by atoms with Crippen LogP contribution < -0.4 is 4.90 Å². The predicted octanol–water partition coefficient (Wildman–Crippen LogP) is 3.96. The highest BCUT2D eigenvalue weighted by atomic mass is 19.2. The fourth-order valence-corrected chi connectivity index (χ4v) is 3.89.